The summed E-state index contributed by atoms with van der Waals surface area (Å²) in [4.78, 5) is 37.3. The van der Waals surface area contributed by atoms with Crippen LogP contribution in [0.3, 0.4) is 0 Å². The number of nitrogens with zero attached hydrogens (tertiary/aromatic N) is 1. The van der Waals surface area contributed by atoms with Crippen LogP contribution < -0.4 is 11.1 Å². The zero-order valence-electron chi connectivity index (χ0n) is 16.1. The molecule has 2 atom stereocenters. The van der Waals surface area contributed by atoms with E-state index in [1.54, 1.807) is 11.8 Å². The number of hydrogen-bond acceptors (Lipinski definition) is 5. The van der Waals surface area contributed by atoms with Crippen molar-refractivity contribution in [2.75, 3.05) is 25.9 Å². The van der Waals surface area contributed by atoms with E-state index in [1.165, 1.54) is 18.7 Å². The molecule has 1 aliphatic heterocycles. The molecule has 0 saturated carbocycles. The number of aliphatic hydroxyl groups is 1. The number of nitrogens with two attached hydrogens (primary N) is 1. The second kappa shape index (κ2) is 9.18. The fourth-order valence-electron chi connectivity index (χ4n) is 2.85. The molecule has 0 aromatic carbocycles. The predicted octanol–water partition coefficient (Wildman–Crippen LogP) is 0.600. The number of thioether (sulfide) groups is 1. The molecule has 0 aromatic heterocycles. The van der Waals surface area contributed by atoms with Gasteiger partial charge in [0.2, 0.25) is 11.8 Å². The fourth-order valence-corrected chi connectivity index (χ4v) is 3.50. The van der Waals surface area contributed by atoms with Gasteiger partial charge < -0.3 is 21.1 Å². The van der Waals surface area contributed by atoms with Crippen LogP contribution in [0, 0.1) is 11.3 Å². The van der Waals surface area contributed by atoms with Gasteiger partial charge in [0.15, 0.2) is 0 Å². The van der Waals surface area contributed by atoms with Crippen molar-refractivity contribution >= 4 is 29.5 Å². The highest BCUT2D eigenvalue weighted by Crippen LogP contribution is 2.32. The highest BCUT2D eigenvalue weighted by molar-refractivity contribution is 7.99. The number of carbonyl (C=O) groups is 3. The van der Waals surface area contributed by atoms with Crippen LogP contribution >= 0.6 is 11.8 Å². The summed E-state index contributed by atoms with van der Waals surface area (Å²) < 4.78 is 27.9. The van der Waals surface area contributed by atoms with E-state index < -0.39 is 41.7 Å². The first-order valence-electron chi connectivity index (χ1n) is 8.86. The predicted molar refractivity (Wildman–Crippen MR) is 99.2 cm³/mol. The lowest BCUT2D eigenvalue weighted by Gasteiger charge is -2.48. The maximum absolute atomic E-state index is 13.9. The first-order chi connectivity index (χ1) is 12.4. The van der Waals surface area contributed by atoms with Crippen molar-refractivity contribution in [1.82, 2.24) is 10.2 Å². The van der Waals surface area contributed by atoms with E-state index >= 15 is 0 Å². The molecular weight excluding hydrogens is 380 g/mol. The molecule has 0 radical (unpaired) electrons. The summed E-state index contributed by atoms with van der Waals surface area (Å²) in [6.07, 6.45) is 0.911. The van der Waals surface area contributed by atoms with Crippen molar-refractivity contribution < 1.29 is 28.3 Å². The van der Waals surface area contributed by atoms with Crippen molar-refractivity contribution in [2.24, 2.45) is 17.1 Å². The van der Waals surface area contributed by atoms with Crippen molar-refractivity contribution in [2.45, 2.75) is 50.9 Å². The summed E-state index contributed by atoms with van der Waals surface area (Å²) in [6, 6.07) is 0. The zero-order chi connectivity index (χ0) is 21.0. The Labute approximate surface area is 162 Å². The normalized spacial score (nSPS) is 18.6. The van der Waals surface area contributed by atoms with Crippen molar-refractivity contribution in [3.05, 3.63) is 0 Å². The lowest BCUT2D eigenvalue weighted by atomic mass is 9.78. The SMILES string of the molecule is CCC(CC(=O)N1CC(CNC(=O)C(F)(F)C(O)C(C)C)(C(N)=O)C1)SC. The molecule has 10 heteroatoms. The minimum absolute atomic E-state index is 0.0232. The Hall–Kier alpha value is -1.42. The van der Waals surface area contributed by atoms with Crippen LogP contribution in [-0.2, 0) is 14.4 Å². The summed E-state index contributed by atoms with van der Waals surface area (Å²) in [5.74, 6) is -7.38. The molecule has 1 aliphatic rings. The van der Waals surface area contributed by atoms with E-state index in [1.807, 2.05) is 18.5 Å². The maximum Gasteiger partial charge on any atom is 0.349 e. The van der Waals surface area contributed by atoms with Gasteiger partial charge in [-0.1, -0.05) is 20.8 Å². The number of hydrogen-bond donors (Lipinski definition) is 3. The van der Waals surface area contributed by atoms with Gasteiger partial charge in [0.25, 0.3) is 5.91 Å². The molecule has 1 fully saturated rings. The van der Waals surface area contributed by atoms with Crippen LogP contribution in [0.25, 0.3) is 0 Å². The number of amides is 3. The Morgan fingerprint density at radius 3 is 2.30 bits per heavy atom. The summed E-state index contributed by atoms with van der Waals surface area (Å²) in [5.41, 5.74) is 4.11. The molecule has 27 heavy (non-hydrogen) atoms. The van der Waals surface area contributed by atoms with E-state index in [2.05, 4.69) is 0 Å². The number of halogens is 2. The third-order valence-electron chi connectivity index (χ3n) is 4.95. The third-order valence-corrected chi connectivity index (χ3v) is 6.11. The largest absolute Gasteiger partial charge is 0.386 e. The van der Waals surface area contributed by atoms with E-state index in [4.69, 9.17) is 5.73 Å². The highest BCUT2D eigenvalue weighted by Gasteiger charge is 2.53. The van der Waals surface area contributed by atoms with Gasteiger partial charge in [0.1, 0.15) is 11.5 Å². The molecule has 2 unspecified atom stereocenters. The van der Waals surface area contributed by atoms with Gasteiger partial charge in [-0.15, -0.1) is 0 Å². The van der Waals surface area contributed by atoms with E-state index in [9.17, 15) is 28.3 Å². The molecule has 3 amide bonds. The van der Waals surface area contributed by atoms with Crippen LogP contribution in [0.15, 0.2) is 0 Å². The lowest BCUT2D eigenvalue weighted by Crippen LogP contribution is -2.68. The van der Waals surface area contributed by atoms with Crippen molar-refractivity contribution in [1.29, 1.82) is 0 Å². The fraction of sp³-hybridized carbons (Fsp3) is 0.824. The number of alkyl halides is 2. The Bertz CT molecular complexity index is 564. The van der Waals surface area contributed by atoms with Gasteiger partial charge in [-0.2, -0.15) is 20.5 Å². The van der Waals surface area contributed by atoms with Gasteiger partial charge >= 0.3 is 5.92 Å². The number of likely N-dealkylation sites (tertiary alicyclic amines) is 1. The minimum Gasteiger partial charge on any atom is -0.386 e. The average molecular weight is 409 g/mol. The molecule has 7 nitrogen and oxygen atoms in total. The smallest absolute Gasteiger partial charge is 0.349 e. The first-order valence-corrected chi connectivity index (χ1v) is 10.1. The van der Waals surface area contributed by atoms with E-state index in [-0.39, 0.29) is 24.2 Å². The minimum atomic E-state index is -3.99. The number of carbonyl (C=O) groups excluding carboxylic acids is 3. The van der Waals surface area contributed by atoms with Crippen LogP contribution in [0.1, 0.15) is 33.6 Å². The molecule has 0 aliphatic carbocycles. The number of primary amides is 1. The van der Waals surface area contributed by atoms with Gasteiger partial charge in [0, 0.05) is 31.3 Å². The second-order valence-electron chi connectivity index (χ2n) is 7.36. The molecule has 156 valence electrons. The number of nitrogens with one attached hydrogen (secondary N) is 1. The van der Waals surface area contributed by atoms with Gasteiger partial charge in [-0.05, 0) is 18.6 Å². The molecule has 0 bridgehead atoms. The van der Waals surface area contributed by atoms with E-state index in [0.29, 0.717) is 6.42 Å². The van der Waals surface area contributed by atoms with Crippen LogP contribution in [-0.4, -0.2) is 70.9 Å². The average Bonchev–Trinajstić information content (AvgIpc) is 2.56. The molecule has 0 aromatic rings. The monoisotopic (exact) mass is 409 g/mol. The summed E-state index contributed by atoms with van der Waals surface area (Å²) >= 11 is 1.58. The first kappa shape index (κ1) is 23.6. The Morgan fingerprint density at radius 2 is 1.89 bits per heavy atom. The van der Waals surface area contributed by atoms with Crippen molar-refractivity contribution in [3.63, 3.8) is 0 Å². The lowest BCUT2D eigenvalue weighted by molar-refractivity contribution is -0.170. The Morgan fingerprint density at radius 1 is 1.33 bits per heavy atom. The molecule has 1 heterocycles. The zero-order valence-corrected chi connectivity index (χ0v) is 16.9. The summed E-state index contributed by atoms with van der Waals surface area (Å²) in [6.45, 7) is 4.24. The molecule has 4 N–H and O–H groups in total. The third kappa shape index (κ3) is 5.31. The molecule has 1 rings (SSSR count). The second-order valence-corrected chi connectivity index (χ2v) is 8.50. The maximum atomic E-state index is 13.9. The Balaban J connectivity index is 2.68. The van der Waals surface area contributed by atoms with Crippen LogP contribution in [0.2, 0.25) is 0 Å². The number of rotatable bonds is 10. The molecule has 0 spiro atoms. The summed E-state index contributed by atoms with van der Waals surface area (Å²) in [7, 11) is 0. The quantitative estimate of drug-likeness (QED) is 0.489. The van der Waals surface area contributed by atoms with E-state index in [0.717, 1.165) is 6.42 Å². The molecular formula is C17H29F2N3O4S. The van der Waals surface area contributed by atoms with Gasteiger partial charge in [-0.3, -0.25) is 14.4 Å². The summed E-state index contributed by atoms with van der Waals surface area (Å²) in [5, 5.41) is 11.7. The van der Waals surface area contributed by atoms with Gasteiger partial charge in [0.05, 0.1) is 0 Å². The van der Waals surface area contributed by atoms with Crippen LogP contribution in [0.4, 0.5) is 8.78 Å². The highest BCUT2D eigenvalue weighted by atomic mass is 32.2. The topological polar surface area (TPSA) is 113 Å². The molecule has 1 saturated heterocycles. The Kier molecular flexibility index (Phi) is 8.03. The number of aliphatic hydroxyl groups excluding tert-OH is 1. The van der Waals surface area contributed by atoms with Crippen molar-refractivity contribution in [3.8, 4) is 0 Å². The van der Waals surface area contributed by atoms with Gasteiger partial charge in [-0.25, -0.2) is 0 Å². The standard InChI is InChI=1S/C17H29F2N3O4S/c1-5-11(27-4)6-12(23)22-8-16(9-22,14(20)25)7-21-15(26)17(18,19)13(24)10(2)3/h10-11,13,24H,5-9H2,1-4H3,(H2,20,25)(H,21,26). The van der Waals surface area contributed by atoms with Crippen LogP contribution in [0.5, 0.6) is 0 Å².